The lowest BCUT2D eigenvalue weighted by atomic mass is 9.77. The van der Waals surface area contributed by atoms with Crippen molar-refractivity contribution in [2.24, 2.45) is 5.73 Å². The van der Waals surface area contributed by atoms with E-state index < -0.39 is 0 Å². The molecule has 2 amide bonds. The molecule has 0 aliphatic carbocycles. The minimum atomic E-state index is -0.249. The maximum Gasteiger partial charge on any atom is 0.318 e. The summed E-state index contributed by atoms with van der Waals surface area (Å²) in [7, 11) is 1.66. The maximum absolute atomic E-state index is 12.8. The third-order valence-corrected chi connectivity index (χ3v) is 4.76. The highest BCUT2D eigenvalue weighted by atomic mass is 16.5. The van der Waals surface area contributed by atoms with Gasteiger partial charge in [0.25, 0.3) is 0 Å². The van der Waals surface area contributed by atoms with E-state index in [-0.39, 0.29) is 23.2 Å². The van der Waals surface area contributed by atoms with Gasteiger partial charge in [0.1, 0.15) is 5.75 Å². The van der Waals surface area contributed by atoms with Crippen LogP contribution in [0.4, 0.5) is 4.79 Å². The molecule has 0 unspecified atom stereocenters. The van der Waals surface area contributed by atoms with Gasteiger partial charge in [-0.3, -0.25) is 0 Å². The number of carbonyl (C=O) groups excluding carboxylic acids is 1. The molecule has 1 fully saturated rings. The average molecular weight is 333 g/mol. The van der Waals surface area contributed by atoms with Gasteiger partial charge in [-0.15, -0.1) is 0 Å². The molecule has 24 heavy (non-hydrogen) atoms. The van der Waals surface area contributed by atoms with E-state index in [1.54, 1.807) is 7.11 Å². The van der Waals surface area contributed by atoms with Crippen LogP contribution in [-0.4, -0.2) is 41.7 Å². The van der Waals surface area contributed by atoms with Crippen molar-refractivity contribution < 1.29 is 9.53 Å². The third kappa shape index (κ3) is 4.20. The Balaban J connectivity index is 1.98. The van der Waals surface area contributed by atoms with Gasteiger partial charge in [0.05, 0.1) is 7.11 Å². The number of carbonyl (C=O) groups is 1. The predicted molar refractivity (Wildman–Crippen MR) is 97.3 cm³/mol. The Hall–Kier alpha value is -1.75. The monoisotopic (exact) mass is 333 g/mol. The molecule has 0 atom stereocenters. The average Bonchev–Trinajstić information content (AvgIpc) is 2.44. The van der Waals surface area contributed by atoms with Crippen molar-refractivity contribution in [2.75, 3.05) is 13.7 Å². The normalized spacial score (nSPS) is 19.8. The topological polar surface area (TPSA) is 67.6 Å². The first-order valence-corrected chi connectivity index (χ1v) is 8.62. The first-order valence-electron chi connectivity index (χ1n) is 8.62. The predicted octanol–water partition coefficient (Wildman–Crippen LogP) is 2.93. The van der Waals surface area contributed by atoms with Gasteiger partial charge in [-0.1, -0.05) is 12.1 Å². The zero-order valence-electron chi connectivity index (χ0n) is 15.6. The van der Waals surface area contributed by atoms with Crippen LogP contribution < -0.4 is 15.8 Å². The molecular weight excluding hydrogens is 302 g/mol. The molecule has 1 saturated heterocycles. The van der Waals surface area contributed by atoms with Crippen LogP contribution in [0.1, 0.15) is 46.1 Å². The Morgan fingerprint density at radius 1 is 1.29 bits per heavy atom. The molecule has 0 bridgehead atoms. The number of hydrogen-bond acceptors (Lipinski definition) is 3. The van der Waals surface area contributed by atoms with Crippen molar-refractivity contribution in [3.63, 3.8) is 0 Å². The second kappa shape index (κ2) is 7.01. The molecule has 0 saturated carbocycles. The quantitative estimate of drug-likeness (QED) is 0.890. The molecule has 1 aliphatic rings. The maximum atomic E-state index is 12.8. The summed E-state index contributed by atoms with van der Waals surface area (Å²) < 4.78 is 5.23. The fourth-order valence-corrected chi connectivity index (χ4v) is 4.13. The van der Waals surface area contributed by atoms with Crippen molar-refractivity contribution in [2.45, 2.75) is 64.1 Å². The largest absolute Gasteiger partial charge is 0.497 e. The first-order chi connectivity index (χ1) is 11.2. The summed E-state index contributed by atoms with van der Waals surface area (Å²) in [5, 5.41) is 3.07. The number of methoxy groups -OCH3 is 1. The van der Waals surface area contributed by atoms with Crippen molar-refractivity contribution in [3.05, 3.63) is 29.8 Å². The van der Waals surface area contributed by atoms with Crippen LogP contribution in [0.2, 0.25) is 0 Å². The zero-order chi connectivity index (χ0) is 18.0. The SMILES string of the molecule is COc1cccc(CCNC(=O)N2C(C)(C)CC(N)CC2(C)C)c1. The Labute approximate surface area is 145 Å². The van der Waals surface area contributed by atoms with E-state index in [2.05, 4.69) is 33.0 Å². The number of piperidine rings is 1. The van der Waals surface area contributed by atoms with E-state index >= 15 is 0 Å². The molecule has 1 aromatic carbocycles. The van der Waals surface area contributed by atoms with Crippen molar-refractivity contribution >= 4 is 6.03 Å². The second-order valence-electron chi connectivity index (χ2n) is 7.96. The Morgan fingerprint density at radius 2 is 1.92 bits per heavy atom. The summed E-state index contributed by atoms with van der Waals surface area (Å²) in [6, 6.07) is 8.05. The standard InChI is InChI=1S/C19H31N3O2/c1-18(2)12-15(20)13-19(3,4)22(18)17(23)21-10-9-14-7-6-8-16(11-14)24-5/h6-8,11,15H,9-10,12-13,20H2,1-5H3,(H,21,23). The minimum Gasteiger partial charge on any atom is -0.497 e. The molecule has 5 nitrogen and oxygen atoms in total. The summed E-state index contributed by atoms with van der Waals surface area (Å²) in [4.78, 5) is 14.8. The van der Waals surface area contributed by atoms with Gasteiger partial charge in [0, 0.05) is 23.7 Å². The highest BCUT2D eigenvalue weighted by molar-refractivity contribution is 5.76. The number of nitrogens with one attached hydrogen (secondary N) is 1. The lowest BCUT2D eigenvalue weighted by molar-refractivity contribution is 0.00325. The van der Waals surface area contributed by atoms with E-state index in [4.69, 9.17) is 10.5 Å². The molecule has 134 valence electrons. The molecule has 1 heterocycles. The number of ether oxygens (including phenoxy) is 1. The van der Waals surface area contributed by atoms with Crippen LogP contribution in [0.5, 0.6) is 5.75 Å². The number of urea groups is 1. The number of nitrogens with zero attached hydrogens (tertiary/aromatic N) is 1. The Morgan fingerprint density at radius 3 is 2.50 bits per heavy atom. The van der Waals surface area contributed by atoms with E-state index in [9.17, 15) is 4.79 Å². The summed E-state index contributed by atoms with van der Waals surface area (Å²) >= 11 is 0. The van der Waals surface area contributed by atoms with Gasteiger partial charge in [-0.25, -0.2) is 4.79 Å². The summed E-state index contributed by atoms with van der Waals surface area (Å²) in [6.45, 7) is 8.97. The molecule has 3 N–H and O–H groups in total. The number of nitrogens with two attached hydrogens (primary N) is 1. The summed E-state index contributed by atoms with van der Waals surface area (Å²) in [5.74, 6) is 0.839. The van der Waals surface area contributed by atoms with Gasteiger partial charge < -0.3 is 20.7 Å². The summed E-state index contributed by atoms with van der Waals surface area (Å²) in [6.07, 6.45) is 2.41. The Bertz CT molecular complexity index is 566. The van der Waals surface area contributed by atoms with Gasteiger partial charge in [-0.2, -0.15) is 0 Å². The molecule has 1 aliphatic heterocycles. The number of hydrogen-bond donors (Lipinski definition) is 2. The van der Waals surface area contributed by atoms with Gasteiger partial charge in [0.15, 0.2) is 0 Å². The third-order valence-electron chi connectivity index (χ3n) is 4.76. The molecule has 0 spiro atoms. The van der Waals surface area contributed by atoms with Crippen molar-refractivity contribution in [1.82, 2.24) is 10.2 Å². The van der Waals surface area contributed by atoms with Crippen LogP contribution in [-0.2, 0) is 6.42 Å². The lowest BCUT2D eigenvalue weighted by Crippen LogP contribution is -2.67. The molecule has 0 radical (unpaired) electrons. The Kier molecular flexibility index (Phi) is 5.43. The highest BCUT2D eigenvalue weighted by Gasteiger charge is 2.46. The van der Waals surface area contributed by atoms with E-state index in [0.29, 0.717) is 6.54 Å². The molecular formula is C19H31N3O2. The van der Waals surface area contributed by atoms with E-state index in [1.807, 2.05) is 29.2 Å². The highest BCUT2D eigenvalue weighted by Crippen LogP contribution is 2.37. The van der Waals surface area contributed by atoms with Gasteiger partial charge in [-0.05, 0) is 64.7 Å². The first kappa shape index (κ1) is 18.6. The zero-order valence-corrected chi connectivity index (χ0v) is 15.6. The molecule has 5 heteroatoms. The summed E-state index contributed by atoms with van der Waals surface area (Å²) in [5.41, 5.74) is 6.83. The van der Waals surface area contributed by atoms with E-state index in [1.165, 1.54) is 0 Å². The van der Waals surface area contributed by atoms with Crippen molar-refractivity contribution in [1.29, 1.82) is 0 Å². The van der Waals surface area contributed by atoms with E-state index in [0.717, 1.165) is 30.6 Å². The smallest absolute Gasteiger partial charge is 0.318 e. The number of amides is 2. The number of likely N-dealkylation sites (tertiary alicyclic amines) is 1. The van der Waals surface area contributed by atoms with Crippen LogP contribution in [0.3, 0.4) is 0 Å². The lowest BCUT2D eigenvalue weighted by Gasteiger charge is -2.54. The minimum absolute atomic E-state index is 0.0141. The fraction of sp³-hybridized carbons (Fsp3) is 0.632. The van der Waals surface area contributed by atoms with Crippen LogP contribution in [0.15, 0.2) is 24.3 Å². The fourth-order valence-electron chi connectivity index (χ4n) is 4.13. The molecule has 1 aromatic rings. The number of benzene rings is 1. The molecule has 2 rings (SSSR count). The number of rotatable bonds is 4. The van der Waals surface area contributed by atoms with Crippen molar-refractivity contribution in [3.8, 4) is 5.75 Å². The van der Waals surface area contributed by atoms with Gasteiger partial charge >= 0.3 is 6.03 Å². The van der Waals surface area contributed by atoms with Gasteiger partial charge in [0.2, 0.25) is 0 Å². The second-order valence-corrected chi connectivity index (χ2v) is 7.96. The van der Waals surface area contributed by atoms with Crippen LogP contribution in [0, 0.1) is 0 Å². The van der Waals surface area contributed by atoms with Crippen LogP contribution >= 0.6 is 0 Å². The van der Waals surface area contributed by atoms with Crippen LogP contribution in [0.25, 0.3) is 0 Å². The molecule has 0 aromatic heterocycles.